The lowest BCUT2D eigenvalue weighted by Gasteiger charge is -2.19. The number of rotatable bonds is 5. The molecule has 3 nitrogen and oxygen atoms in total. The molecule has 0 bridgehead atoms. The summed E-state index contributed by atoms with van der Waals surface area (Å²) in [5.41, 5.74) is 1.41. The average molecular weight is 271 g/mol. The van der Waals surface area contributed by atoms with Crippen molar-refractivity contribution in [2.24, 2.45) is 0 Å². The van der Waals surface area contributed by atoms with E-state index in [0.717, 1.165) is 0 Å². The van der Waals surface area contributed by atoms with Crippen molar-refractivity contribution in [3.05, 3.63) is 28.6 Å². The molecule has 1 N–H and O–H groups in total. The molecule has 0 aliphatic heterocycles. The molecule has 106 valence electrons. The number of carbonyl (C=O) groups is 1. The van der Waals surface area contributed by atoms with E-state index in [1.54, 1.807) is 0 Å². The van der Waals surface area contributed by atoms with E-state index in [2.05, 4.69) is 4.98 Å². The summed E-state index contributed by atoms with van der Waals surface area (Å²) in [6.45, 7) is 7.38. The van der Waals surface area contributed by atoms with Gasteiger partial charge in [0.15, 0.2) is 0 Å². The molecule has 0 saturated carbocycles. The van der Waals surface area contributed by atoms with E-state index in [4.69, 9.17) is 5.11 Å². The number of aromatic nitrogens is 1. The third kappa shape index (κ3) is 3.72. The number of hydrogen-bond acceptors (Lipinski definition) is 2. The second-order valence-corrected chi connectivity index (χ2v) is 5.18. The molecular weight excluding hydrogens is 252 g/mol. The highest BCUT2D eigenvalue weighted by Gasteiger charge is 2.22. The Labute approximate surface area is 111 Å². The molecule has 0 aliphatic rings. The standard InChI is InChI=1S/C14H19F2NO2/c1-7(2)9-5-11(14(15)16)17-13(8(3)4)10(9)6-12(18)19/h5,7-8,14H,6H2,1-4H3,(H,18,19). The van der Waals surface area contributed by atoms with Gasteiger partial charge < -0.3 is 5.11 Å². The van der Waals surface area contributed by atoms with E-state index in [9.17, 15) is 13.6 Å². The van der Waals surface area contributed by atoms with Crippen molar-refractivity contribution in [1.29, 1.82) is 0 Å². The quantitative estimate of drug-likeness (QED) is 0.883. The van der Waals surface area contributed by atoms with Crippen LogP contribution >= 0.6 is 0 Å². The smallest absolute Gasteiger partial charge is 0.307 e. The molecule has 1 aromatic rings. The summed E-state index contributed by atoms with van der Waals surface area (Å²) in [6.07, 6.45) is -2.83. The average Bonchev–Trinajstić information content (AvgIpc) is 2.27. The van der Waals surface area contributed by atoms with Crippen LogP contribution in [0.15, 0.2) is 6.07 Å². The molecule has 1 rings (SSSR count). The number of nitrogens with zero attached hydrogens (tertiary/aromatic N) is 1. The Morgan fingerprint density at radius 1 is 1.26 bits per heavy atom. The normalized spacial score (nSPS) is 11.6. The van der Waals surface area contributed by atoms with Crippen molar-refractivity contribution in [2.45, 2.75) is 52.4 Å². The molecule has 0 atom stereocenters. The zero-order valence-electron chi connectivity index (χ0n) is 11.6. The summed E-state index contributed by atoms with van der Waals surface area (Å²) in [7, 11) is 0. The Bertz CT molecular complexity index is 442. The Hall–Kier alpha value is -1.52. The first-order chi connectivity index (χ1) is 8.73. The number of halogens is 2. The van der Waals surface area contributed by atoms with E-state index >= 15 is 0 Å². The third-order valence-electron chi connectivity index (χ3n) is 2.93. The first-order valence-corrected chi connectivity index (χ1v) is 6.27. The minimum Gasteiger partial charge on any atom is -0.481 e. The summed E-state index contributed by atoms with van der Waals surface area (Å²) in [6, 6.07) is 1.33. The fourth-order valence-corrected chi connectivity index (χ4v) is 2.08. The van der Waals surface area contributed by atoms with Gasteiger partial charge in [0.25, 0.3) is 6.43 Å². The van der Waals surface area contributed by atoms with Gasteiger partial charge in [-0.2, -0.15) is 0 Å². The third-order valence-corrected chi connectivity index (χ3v) is 2.93. The van der Waals surface area contributed by atoms with Crippen molar-refractivity contribution in [3.63, 3.8) is 0 Å². The fourth-order valence-electron chi connectivity index (χ4n) is 2.08. The van der Waals surface area contributed by atoms with Crippen molar-refractivity contribution >= 4 is 5.97 Å². The predicted octanol–water partition coefficient (Wildman–Crippen LogP) is 3.89. The highest BCUT2D eigenvalue weighted by atomic mass is 19.3. The number of hydrogen-bond donors (Lipinski definition) is 1. The van der Waals surface area contributed by atoms with Gasteiger partial charge in [-0.1, -0.05) is 27.7 Å². The van der Waals surface area contributed by atoms with Gasteiger partial charge in [-0.05, 0) is 29.0 Å². The number of pyridine rings is 1. The molecule has 0 aliphatic carbocycles. The zero-order chi connectivity index (χ0) is 14.7. The molecule has 0 radical (unpaired) electrons. The van der Waals surface area contributed by atoms with E-state index in [1.807, 2.05) is 27.7 Å². The highest BCUT2D eigenvalue weighted by Crippen LogP contribution is 2.30. The molecule has 0 saturated heterocycles. The SMILES string of the molecule is CC(C)c1cc(C(F)F)nc(C(C)C)c1CC(=O)O. The summed E-state index contributed by atoms with van der Waals surface area (Å²) < 4.78 is 25.7. The second kappa shape index (κ2) is 6.08. The van der Waals surface area contributed by atoms with Gasteiger partial charge in [-0.25, -0.2) is 8.78 Å². The van der Waals surface area contributed by atoms with Crippen LogP contribution in [0.5, 0.6) is 0 Å². The molecule has 0 unspecified atom stereocenters. The lowest BCUT2D eigenvalue weighted by atomic mass is 9.90. The lowest BCUT2D eigenvalue weighted by molar-refractivity contribution is -0.136. The molecule has 0 amide bonds. The van der Waals surface area contributed by atoms with E-state index in [1.165, 1.54) is 6.07 Å². The zero-order valence-corrected chi connectivity index (χ0v) is 11.6. The summed E-state index contributed by atoms with van der Waals surface area (Å²) >= 11 is 0. The predicted molar refractivity (Wildman–Crippen MR) is 68.7 cm³/mol. The molecule has 0 fully saturated rings. The van der Waals surface area contributed by atoms with Crippen LogP contribution in [0, 0.1) is 0 Å². The van der Waals surface area contributed by atoms with E-state index in [0.29, 0.717) is 16.8 Å². The van der Waals surface area contributed by atoms with Crippen LogP contribution in [0.1, 0.15) is 68.5 Å². The van der Waals surface area contributed by atoms with Crippen LogP contribution in [0.2, 0.25) is 0 Å². The maximum Gasteiger partial charge on any atom is 0.307 e. The second-order valence-electron chi connectivity index (χ2n) is 5.18. The Balaban J connectivity index is 3.50. The van der Waals surface area contributed by atoms with Gasteiger partial charge in [0.2, 0.25) is 0 Å². The van der Waals surface area contributed by atoms with Crippen molar-refractivity contribution in [1.82, 2.24) is 4.98 Å². The number of aliphatic carboxylic acids is 1. The Morgan fingerprint density at radius 3 is 2.21 bits per heavy atom. The van der Waals surface area contributed by atoms with Crippen LogP contribution in [0.3, 0.4) is 0 Å². The van der Waals surface area contributed by atoms with Crippen LogP contribution in [-0.4, -0.2) is 16.1 Å². The molecule has 5 heteroatoms. The van der Waals surface area contributed by atoms with Gasteiger partial charge in [0.1, 0.15) is 5.69 Å². The van der Waals surface area contributed by atoms with Gasteiger partial charge in [0, 0.05) is 5.69 Å². The topological polar surface area (TPSA) is 50.2 Å². The molecule has 1 aromatic heterocycles. The van der Waals surface area contributed by atoms with Crippen LogP contribution in [-0.2, 0) is 11.2 Å². The largest absolute Gasteiger partial charge is 0.481 e. The molecule has 1 heterocycles. The van der Waals surface area contributed by atoms with Crippen LogP contribution < -0.4 is 0 Å². The van der Waals surface area contributed by atoms with Crippen molar-refractivity contribution in [3.8, 4) is 0 Å². The Kier molecular flexibility index (Phi) is 4.97. The number of alkyl halides is 2. The van der Waals surface area contributed by atoms with Crippen LogP contribution in [0.4, 0.5) is 8.78 Å². The summed E-state index contributed by atoms with van der Waals surface area (Å²) in [5.74, 6) is -1.09. The van der Waals surface area contributed by atoms with Gasteiger partial charge >= 0.3 is 5.97 Å². The van der Waals surface area contributed by atoms with Crippen molar-refractivity contribution in [2.75, 3.05) is 0 Å². The number of carboxylic acids is 1. The minimum absolute atomic E-state index is 0.0210. The molecule has 0 spiro atoms. The van der Waals surface area contributed by atoms with Gasteiger partial charge in [-0.3, -0.25) is 9.78 Å². The fraction of sp³-hybridized carbons (Fsp3) is 0.571. The summed E-state index contributed by atoms with van der Waals surface area (Å²) in [4.78, 5) is 14.9. The molecule has 0 aromatic carbocycles. The minimum atomic E-state index is -2.64. The number of carboxylic acid groups (broad SMARTS) is 1. The Morgan fingerprint density at radius 2 is 1.84 bits per heavy atom. The lowest BCUT2D eigenvalue weighted by Crippen LogP contribution is -2.13. The van der Waals surface area contributed by atoms with Crippen molar-refractivity contribution < 1.29 is 18.7 Å². The monoisotopic (exact) mass is 271 g/mol. The molecular formula is C14H19F2NO2. The van der Waals surface area contributed by atoms with E-state index < -0.39 is 12.4 Å². The maximum atomic E-state index is 12.9. The van der Waals surface area contributed by atoms with Crippen LogP contribution in [0.25, 0.3) is 0 Å². The highest BCUT2D eigenvalue weighted by molar-refractivity contribution is 5.71. The van der Waals surface area contributed by atoms with Gasteiger partial charge in [-0.15, -0.1) is 0 Å². The van der Waals surface area contributed by atoms with E-state index in [-0.39, 0.29) is 24.0 Å². The first-order valence-electron chi connectivity index (χ1n) is 6.27. The maximum absolute atomic E-state index is 12.9. The molecule has 19 heavy (non-hydrogen) atoms. The van der Waals surface area contributed by atoms with Gasteiger partial charge in [0.05, 0.1) is 6.42 Å². The summed E-state index contributed by atoms with van der Waals surface area (Å²) in [5, 5.41) is 8.98. The first kappa shape index (κ1) is 15.5.